The predicted octanol–water partition coefficient (Wildman–Crippen LogP) is 4.01. The van der Waals surface area contributed by atoms with Gasteiger partial charge in [0.2, 0.25) is 0 Å². The average molecular weight is 413 g/mol. The lowest BCUT2D eigenvalue weighted by molar-refractivity contribution is 0.00980. The SMILES string of the molecule is CC1C(C2CC(Br)CCC2O)CC(I)C2CC12. The molecule has 0 saturated heterocycles. The third-order valence-corrected chi connectivity index (χ3v) is 7.82. The van der Waals surface area contributed by atoms with Crippen LogP contribution in [0.25, 0.3) is 0 Å². The Morgan fingerprint density at radius 3 is 2.47 bits per heavy atom. The Morgan fingerprint density at radius 2 is 1.71 bits per heavy atom. The molecule has 0 aromatic rings. The zero-order valence-electron chi connectivity index (χ0n) is 10.4. The lowest BCUT2D eigenvalue weighted by Gasteiger charge is -2.42. The smallest absolute Gasteiger partial charge is 0.0572 e. The van der Waals surface area contributed by atoms with Crippen LogP contribution < -0.4 is 0 Å². The molecule has 0 aromatic heterocycles. The van der Waals surface area contributed by atoms with Crippen LogP contribution in [0.1, 0.15) is 39.0 Å². The lowest BCUT2D eigenvalue weighted by Crippen LogP contribution is -2.41. The van der Waals surface area contributed by atoms with Crippen LogP contribution in [0.5, 0.6) is 0 Å². The van der Waals surface area contributed by atoms with Crippen LogP contribution in [0.15, 0.2) is 0 Å². The van der Waals surface area contributed by atoms with Crippen molar-refractivity contribution in [1.29, 1.82) is 0 Å². The fourth-order valence-corrected chi connectivity index (χ4v) is 6.49. The summed E-state index contributed by atoms with van der Waals surface area (Å²) in [5.74, 6) is 4.18. The summed E-state index contributed by atoms with van der Waals surface area (Å²) < 4.78 is 0.877. The standard InChI is InChI=1S/C14H22BrIO/c1-7-9-5-11(9)13(16)6-10(7)12-4-8(15)2-3-14(12)17/h7-14,17H,2-6H2,1H3. The Kier molecular flexibility index (Phi) is 3.82. The first kappa shape index (κ1) is 13.2. The number of fused-ring (bicyclic) bond motifs is 1. The highest BCUT2D eigenvalue weighted by molar-refractivity contribution is 14.1. The molecular formula is C14H22BrIO. The van der Waals surface area contributed by atoms with E-state index < -0.39 is 0 Å². The van der Waals surface area contributed by atoms with Gasteiger partial charge in [-0.15, -0.1) is 0 Å². The van der Waals surface area contributed by atoms with Crippen LogP contribution in [-0.4, -0.2) is 20.0 Å². The molecule has 8 unspecified atom stereocenters. The predicted molar refractivity (Wildman–Crippen MR) is 82.7 cm³/mol. The normalized spacial score (nSPS) is 58.6. The molecular weight excluding hydrogens is 391 g/mol. The maximum atomic E-state index is 10.3. The molecule has 0 spiro atoms. The summed E-state index contributed by atoms with van der Waals surface area (Å²) in [6, 6.07) is 0. The monoisotopic (exact) mass is 412 g/mol. The van der Waals surface area contributed by atoms with E-state index in [0.717, 1.165) is 40.4 Å². The summed E-state index contributed by atoms with van der Waals surface area (Å²) in [5.41, 5.74) is 0. The number of hydrogen-bond donors (Lipinski definition) is 1. The molecule has 3 saturated carbocycles. The number of hydrogen-bond acceptors (Lipinski definition) is 1. The molecule has 98 valence electrons. The van der Waals surface area contributed by atoms with Crippen LogP contribution in [0.4, 0.5) is 0 Å². The summed E-state index contributed by atoms with van der Waals surface area (Å²) in [4.78, 5) is 0.646. The molecule has 3 fully saturated rings. The van der Waals surface area contributed by atoms with E-state index in [0.29, 0.717) is 10.7 Å². The first-order valence-electron chi connectivity index (χ1n) is 7.04. The molecule has 8 atom stereocenters. The van der Waals surface area contributed by atoms with Crippen molar-refractivity contribution in [2.75, 3.05) is 0 Å². The number of alkyl halides is 2. The zero-order valence-corrected chi connectivity index (χ0v) is 14.1. The van der Waals surface area contributed by atoms with Gasteiger partial charge in [-0.25, -0.2) is 0 Å². The van der Waals surface area contributed by atoms with Gasteiger partial charge in [0, 0.05) is 8.75 Å². The fraction of sp³-hybridized carbons (Fsp3) is 1.00. The van der Waals surface area contributed by atoms with Crippen molar-refractivity contribution in [2.24, 2.45) is 29.6 Å². The molecule has 0 aliphatic heterocycles. The highest BCUT2D eigenvalue weighted by Gasteiger charge is 2.54. The van der Waals surface area contributed by atoms with Crippen molar-refractivity contribution in [2.45, 2.75) is 53.9 Å². The molecule has 3 aliphatic carbocycles. The van der Waals surface area contributed by atoms with Gasteiger partial charge in [0.05, 0.1) is 6.10 Å². The van der Waals surface area contributed by atoms with E-state index in [2.05, 4.69) is 45.4 Å². The van der Waals surface area contributed by atoms with Crippen molar-refractivity contribution in [3.8, 4) is 0 Å². The van der Waals surface area contributed by atoms with Crippen molar-refractivity contribution < 1.29 is 5.11 Å². The molecule has 1 nitrogen and oxygen atoms in total. The fourth-order valence-electron chi connectivity index (χ4n) is 4.38. The molecule has 0 amide bonds. The zero-order chi connectivity index (χ0) is 12.2. The Labute approximate surface area is 126 Å². The summed E-state index contributed by atoms with van der Waals surface area (Å²) in [6.45, 7) is 2.45. The van der Waals surface area contributed by atoms with E-state index in [-0.39, 0.29) is 6.10 Å². The quantitative estimate of drug-likeness (QED) is 0.509. The maximum absolute atomic E-state index is 10.3. The largest absolute Gasteiger partial charge is 0.393 e. The minimum absolute atomic E-state index is 0.0323. The lowest BCUT2D eigenvalue weighted by atomic mass is 9.67. The van der Waals surface area contributed by atoms with Crippen molar-refractivity contribution in [1.82, 2.24) is 0 Å². The van der Waals surface area contributed by atoms with Gasteiger partial charge in [-0.1, -0.05) is 45.4 Å². The third-order valence-electron chi connectivity index (χ3n) is 5.55. The second-order valence-electron chi connectivity index (χ2n) is 6.48. The topological polar surface area (TPSA) is 20.2 Å². The van der Waals surface area contributed by atoms with Gasteiger partial charge < -0.3 is 5.11 Å². The Morgan fingerprint density at radius 1 is 1.00 bits per heavy atom. The molecule has 1 N–H and O–H groups in total. The van der Waals surface area contributed by atoms with E-state index in [1.807, 2.05) is 0 Å². The summed E-state index contributed by atoms with van der Waals surface area (Å²) >= 11 is 6.44. The van der Waals surface area contributed by atoms with E-state index in [9.17, 15) is 5.11 Å². The van der Waals surface area contributed by atoms with Crippen LogP contribution in [0.2, 0.25) is 0 Å². The molecule has 3 rings (SSSR count). The Balaban J connectivity index is 1.73. The van der Waals surface area contributed by atoms with Gasteiger partial charge >= 0.3 is 0 Å². The van der Waals surface area contributed by atoms with Gasteiger partial charge in [0.1, 0.15) is 0 Å². The number of rotatable bonds is 1. The highest BCUT2D eigenvalue weighted by Crippen LogP contribution is 2.59. The molecule has 17 heavy (non-hydrogen) atoms. The van der Waals surface area contributed by atoms with Crippen molar-refractivity contribution in [3.63, 3.8) is 0 Å². The van der Waals surface area contributed by atoms with Crippen LogP contribution in [0, 0.1) is 29.6 Å². The first-order valence-corrected chi connectivity index (χ1v) is 9.20. The van der Waals surface area contributed by atoms with Crippen molar-refractivity contribution in [3.05, 3.63) is 0 Å². The molecule has 0 aromatic carbocycles. The molecule has 3 heteroatoms. The molecule has 0 bridgehead atoms. The maximum Gasteiger partial charge on any atom is 0.0572 e. The Hall–Kier alpha value is 1.17. The first-order chi connectivity index (χ1) is 8.08. The highest BCUT2D eigenvalue weighted by atomic mass is 127. The van der Waals surface area contributed by atoms with Crippen LogP contribution >= 0.6 is 38.5 Å². The van der Waals surface area contributed by atoms with E-state index in [1.54, 1.807) is 0 Å². The molecule has 3 aliphatic rings. The van der Waals surface area contributed by atoms with E-state index in [4.69, 9.17) is 0 Å². The van der Waals surface area contributed by atoms with Crippen LogP contribution in [-0.2, 0) is 0 Å². The number of aliphatic hydroxyl groups excluding tert-OH is 1. The van der Waals surface area contributed by atoms with Gasteiger partial charge in [-0.05, 0) is 61.7 Å². The average Bonchev–Trinajstić information content (AvgIpc) is 3.08. The minimum atomic E-state index is -0.0323. The summed E-state index contributed by atoms with van der Waals surface area (Å²) in [7, 11) is 0. The molecule has 0 radical (unpaired) electrons. The van der Waals surface area contributed by atoms with Crippen LogP contribution in [0.3, 0.4) is 0 Å². The van der Waals surface area contributed by atoms with Gasteiger partial charge in [0.25, 0.3) is 0 Å². The molecule has 0 heterocycles. The summed E-state index contributed by atoms with van der Waals surface area (Å²) in [5, 5.41) is 10.3. The van der Waals surface area contributed by atoms with Gasteiger partial charge in [0.15, 0.2) is 0 Å². The second-order valence-corrected chi connectivity index (χ2v) is 9.37. The second kappa shape index (κ2) is 4.93. The Bertz CT molecular complexity index is 298. The minimum Gasteiger partial charge on any atom is -0.393 e. The van der Waals surface area contributed by atoms with Gasteiger partial charge in [-0.3, -0.25) is 0 Å². The number of halogens is 2. The summed E-state index contributed by atoms with van der Waals surface area (Å²) in [6.07, 6.45) is 6.13. The third kappa shape index (κ3) is 2.45. The van der Waals surface area contributed by atoms with Crippen molar-refractivity contribution >= 4 is 38.5 Å². The van der Waals surface area contributed by atoms with Gasteiger partial charge in [-0.2, -0.15) is 0 Å². The number of aliphatic hydroxyl groups is 1. The van der Waals surface area contributed by atoms with E-state index >= 15 is 0 Å². The van der Waals surface area contributed by atoms with E-state index in [1.165, 1.54) is 19.3 Å².